The smallest absolute Gasteiger partial charge is 0.225 e. The number of rotatable bonds is 8. The normalized spacial score (nSPS) is 16.7. The van der Waals surface area contributed by atoms with E-state index in [4.69, 9.17) is 4.74 Å². The fourth-order valence-electron chi connectivity index (χ4n) is 2.99. The van der Waals surface area contributed by atoms with E-state index in [1.165, 1.54) is 12.1 Å². The Morgan fingerprint density at radius 3 is 2.68 bits per heavy atom. The molecule has 2 rings (SSSR count). The van der Waals surface area contributed by atoms with Crippen LogP contribution in [0.4, 0.5) is 4.39 Å². The first-order chi connectivity index (χ1) is 13.0. The standard InChI is InChI=1S/C20H31FN4O2.HI/c1-15(2)19(26)25-12-10-17(14-25)24-20(22-3)23-11-4-5-13-27-18-8-6-16(21)7-9-18;/h6-9,15,17H,4-5,10-14H2,1-3H3,(H2,22,23,24);1H. The Bertz CT molecular complexity index is 625. The van der Waals surface area contributed by atoms with Gasteiger partial charge < -0.3 is 20.3 Å². The van der Waals surface area contributed by atoms with Crippen LogP contribution in [0.3, 0.4) is 0 Å². The topological polar surface area (TPSA) is 66.0 Å². The fraction of sp³-hybridized carbons (Fsp3) is 0.600. The van der Waals surface area contributed by atoms with Crippen molar-refractivity contribution in [2.24, 2.45) is 10.9 Å². The lowest BCUT2D eigenvalue weighted by Crippen LogP contribution is -2.45. The molecule has 8 heteroatoms. The highest BCUT2D eigenvalue weighted by atomic mass is 127. The zero-order valence-corrected chi connectivity index (χ0v) is 19.2. The number of benzene rings is 1. The van der Waals surface area contributed by atoms with E-state index in [9.17, 15) is 9.18 Å². The molecule has 2 N–H and O–H groups in total. The van der Waals surface area contributed by atoms with E-state index >= 15 is 0 Å². The van der Waals surface area contributed by atoms with Crippen molar-refractivity contribution < 1.29 is 13.9 Å². The molecule has 0 saturated carbocycles. The van der Waals surface area contributed by atoms with Crippen molar-refractivity contribution in [1.29, 1.82) is 0 Å². The fourth-order valence-corrected chi connectivity index (χ4v) is 2.99. The lowest BCUT2D eigenvalue weighted by molar-refractivity contribution is -0.133. The molecule has 1 aromatic rings. The monoisotopic (exact) mass is 506 g/mol. The van der Waals surface area contributed by atoms with E-state index in [2.05, 4.69) is 15.6 Å². The van der Waals surface area contributed by atoms with Gasteiger partial charge in [0, 0.05) is 38.6 Å². The number of carbonyl (C=O) groups excluding carboxylic acids is 1. The summed E-state index contributed by atoms with van der Waals surface area (Å²) in [4.78, 5) is 18.2. The molecule has 1 fully saturated rings. The predicted octanol–water partition coefficient (Wildman–Crippen LogP) is 3.02. The maximum absolute atomic E-state index is 12.8. The van der Waals surface area contributed by atoms with Crippen LogP contribution in [0.25, 0.3) is 0 Å². The molecule has 1 aliphatic heterocycles. The molecule has 1 amide bonds. The van der Waals surface area contributed by atoms with Crippen molar-refractivity contribution in [1.82, 2.24) is 15.5 Å². The molecule has 0 spiro atoms. The third kappa shape index (κ3) is 8.20. The van der Waals surface area contributed by atoms with E-state index < -0.39 is 0 Å². The van der Waals surface area contributed by atoms with Crippen LogP contribution in [0.1, 0.15) is 33.1 Å². The summed E-state index contributed by atoms with van der Waals surface area (Å²) in [5.74, 6) is 1.44. The third-order valence-corrected chi connectivity index (χ3v) is 4.50. The van der Waals surface area contributed by atoms with Crippen LogP contribution in [-0.4, -0.2) is 56.1 Å². The molecule has 1 saturated heterocycles. The van der Waals surface area contributed by atoms with Gasteiger partial charge in [-0.05, 0) is 43.5 Å². The highest BCUT2D eigenvalue weighted by Gasteiger charge is 2.27. The summed E-state index contributed by atoms with van der Waals surface area (Å²) < 4.78 is 18.4. The van der Waals surface area contributed by atoms with Gasteiger partial charge in [-0.3, -0.25) is 9.79 Å². The van der Waals surface area contributed by atoms with Crippen molar-refractivity contribution >= 4 is 35.8 Å². The van der Waals surface area contributed by atoms with Crippen molar-refractivity contribution in [2.75, 3.05) is 33.3 Å². The van der Waals surface area contributed by atoms with Crippen molar-refractivity contribution in [3.8, 4) is 5.75 Å². The molecular formula is C20H32FIN4O2. The Morgan fingerprint density at radius 2 is 2.04 bits per heavy atom. The number of aliphatic imine (C=N–C) groups is 1. The van der Waals surface area contributed by atoms with Gasteiger partial charge in [0.15, 0.2) is 5.96 Å². The molecule has 1 aromatic carbocycles. The first kappa shape index (κ1) is 24.5. The van der Waals surface area contributed by atoms with E-state index in [0.717, 1.165) is 44.9 Å². The van der Waals surface area contributed by atoms with Gasteiger partial charge in [0.05, 0.1) is 6.61 Å². The Kier molecular flexibility index (Phi) is 11.2. The summed E-state index contributed by atoms with van der Waals surface area (Å²) in [5, 5.41) is 6.69. The minimum Gasteiger partial charge on any atom is -0.494 e. The number of unbranched alkanes of at least 4 members (excludes halogenated alkanes) is 1. The van der Waals surface area contributed by atoms with E-state index in [0.29, 0.717) is 12.4 Å². The van der Waals surface area contributed by atoms with Crippen LogP contribution in [0, 0.1) is 11.7 Å². The van der Waals surface area contributed by atoms with Gasteiger partial charge >= 0.3 is 0 Å². The molecule has 0 radical (unpaired) electrons. The van der Waals surface area contributed by atoms with Crippen LogP contribution in [0.15, 0.2) is 29.3 Å². The molecule has 1 aliphatic rings. The van der Waals surface area contributed by atoms with Crippen LogP contribution < -0.4 is 15.4 Å². The Morgan fingerprint density at radius 1 is 1.32 bits per heavy atom. The number of nitrogens with zero attached hydrogens (tertiary/aromatic N) is 2. The zero-order valence-electron chi connectivity index (χ0n) is 16.9. The molecule has 6 nitrogen and oxygen atoms in total. The summed E-state index contributed by atoms with van der Waals surface area (Å²) in [7, 11) is 1.75. The minimum atomic E-state index is -0.260. The van der Waals surface area contributed by atoms with Gasteiger partial charge in [-0.2, -0.15) is 0 Å². The van der Waals surface area contributed by atoms with E-state index in [-0.39, 0.29) is 47.7 Å². The van der Waals surface area contributed by atoms with Crippen LogP contribution in [-0.2, 0) is 4.79 Å². The highest BCUT2D eigenvalue weighted by Crippen LogP contribution is 2.13. The molecule has 1 heterocycles. The zero-order chi connectivity index (χ0) is 19.6. The Hall–Kier alpha value is -1.58. The molecule has 0 bridgehead atoms. The summed E-state index contributed by atoms with van der Waals surface area (Å²) in [5.41, 5.74) is 0. The average molecular weight is 506 g/mol. The predicted molar refractivity (Wildman–Crippen MR) is 121 cm³/mol. The molecule has 28 heavy (non-hydrogen) atoms. The second-order valence-corrected chi connectivity index (χ2v) is 7.08. The molecule has 1 atom stereocenters. The number of ether oxygens (including phenoxy) is 1. The largest absolute Gasteiger partial charge is 0.494 e. The number of likely N-dealkylation sites (tertiary alicyclic amines) is 1. The maximum atomic E-state index is 12.8. The lowest BCUT2D eigenvalue weighted by Gasteiger charge is -2.20. The van der Waals surface area contributed by atoms with Crippen molar-refractivity contribution in [2.45, 2.75) is 39.2 Å². The van der Waals surface area contributed by atoms with E-state index in [1.807, 2.05) is 18.7 Å². The first-order valence-electron chi connectivity index (χ1n) is 9.64. The highest BCUT2D eigenvalue weighted by molar-refractivity contribution is 14.0. The average Bonchev–Trinajstić information content (AvgIpc) is 3.12. The number of hydrogen-bond donors (Lipinski definition) is 2. The first-order valence-corrected chi connectivity index (χ1v) is 9.64. The second-order valence-electron chi connectivity index (χ2n) is 7.08. The molecule has 158 valence electrons. The summed E-state index contributed by atoms with van der Waals surface area (Å²) >= 11 is 0. The number of nitrogens with one attached hydrogen (secondary N) is 2. The number of halogens is 2. The third-order valence-electron chi connectivity index (χ3n) is 4.50. The maximum Gasteiger partial charge on any atom is 0.225 e. The summed E-state index contributed by atoms with van der Waals surface area (Å²) in [6.45, 7) is 6.77. The van der Waals surface area contributed by atoms with E-state index in [1.54, 1.807) is 19.2 Å². The number of hydrogen-bond acceptors (Lipinski definition) is 3. The van der Waals surface area contributed by atoms with Gasteiger partial charge in [0.2, 0.25) is 5.91 Å². The van der Waals surface area contributed by atoms with Crippen LogP contribution in [0.5, 0.6) is 5.75 Å². The molecular weight excluding hydrogens is 474 g/mol. The molecule has 0 aromatic heterocycles. The Balaban J connectivity index is 0.00000392. The molecule has 1 unspecified atom stereocenters. The SMILES string of the molecule is CN=C(NCCCCOc1ccc(F)cc1)NC1CCN(C(=O)C(C)C)C1.I. The number of carbonyl (C=O) groups is 1. The summed E-state index contributed by atoms with van der Waals surface area (Å²) in [6, 6.07) is 6.29. The number of guanidine groups is 1. The van der Waals surface area contributed by atoms with Crippen molar-refractivity contribution in [3.63, 3.8) is 0 Å². The van der Waals surface area contributed by atoms with Crippen LogP contribution >= 0.6 is 24.0 Å². The van der Waals surface area contributed by atoms with Gasteiger partial charge in [-0.1, -0.05) is 13.8 Å². The molecule has 0 aliphatic carbocycles. The minimum absolute atomic E-state index is 0. The van der Waals surface area contributed by atoms with Gasteiger partial charge in [-0.15, -0.1) is 24.0 Å². The summed E-state index contributed by atoms with van der Waals surface area (Å²) in [6.07, 6.45) is 2.76. The van der Waals surface area contributed by atoms with Crippen molar-refractivity contribution in [3.05, 3.63) is 30.1 Å². The quantitative estimate of drug-likeness (QED) is 0.246. The van der Waals surface area contributed by atoms with Gasteiger partial charge in [-0.25, -0.2) is 4.39 Å². The van der Waals surface area contributed by atoms with Crippen LogP contribution in [0.2, 0.25) is 0 Å². The van der Waals surface area contributed by atoms with Gasteiger partial charge in [0.25, 0.3) is 0 Å². The lowest BCUT2D eigenvalue weighted by atomic mass is 10.2. The second kappa shape index (κ2) is 12.8. The Labute approximate surface area is 184 Å². The number of amides is 1. The van der Waals surface area contributed by atoms with Gasteiger partial charge in [0.1, 0.15) is 11.6 Å².